The molecule has 0 saturated heterocycles. The van der Waals surface area contributed by atoms with Gasteiger partial charge in [0.1, 0.15) is 5.75 Å². The summed E-state index contributed by atoms with van der Waals surface area (Å²) in [5.74, 6) is -0.710. The zero-order chi connectivity index (χ0) is 14.0. The van der Waals surface area contributed by atoms with Crippen molar-refractivity contribution >= 4 is 11.8 Å². The lowest BCUT2D eigenvalue weighted by atomic mass is 9.85. The molecule has 0 spiro atoms. The summed E-state index contributed by atoms with van der Waals surface area (Å²) in [7, 11) is 0. The smallest absolute Gasteiger partial charge is 0.119 e. The number of phenolic OH excluding ortho intramolecular Hbond substituents is 1. The number of benzene rings is 1. The number of para-hydroxylation sites is 1. The second kappa shape index (κ2) is 4.97. The third kappa shape index (κ3) is 2.10. The molecule has 19 heavy (non-hydrogen) atoms. The Labute approximate surface area is 114 Å². The second-order valence-electron chi connectivity index (χ2n) is 3.87. The second-order valence-corrected chi connectivity index (χ2v) is 4.96. The van der Waals surface area contributed by atoms with Gasteiger partial charge < -0.3 is 16.6 Å². The molecule has 0 saturated carbocycles. The number of allylic oxidation sites excluding steroid dienone is 2. The summed E-state index contributed by atoms with van der Waals surface area (Å²) in [5.41, 5.74) is 12.5. The molecule has 1 aromatic carbocycles. The van der Waals surface area contributed by atoms with Gasteiger partial charge in [0.15, 0.2) is 0 Å². The maximum absolute atomic E-state index is 9.91. The largest absolute Gasteiger partial charge is 0.508 e. The molecule has 94 valence electrons. The Balaban J connectivity index is 2.69. The van der Waals surface area contributed by atoms with Crippen LogP contribution in [-0.4, -0.2) is 5.11 Å². The molecule has 0 aromatic heterocycles. The van der Waals surface area contributed by atoms with Crippen molar-refractivity contribution in [1.82, 2.24) is 0 Å². The quantitative estimate of drug-likeness (QED) is 0.713. The van der Waals surface area contributed by atoms with Gasteiger partial charge in [-0.2, -0.15) is 10.5 Å². The Morgan fingerprint density at radius 2 is 1.58 bits per heavy atom. The van der Waals surface area contributed by atoms with Crippen molar-refractivity contribution in [3.63, 3.8) is 0 Å². The fraction of sp³-hybridized carbons (Fsp3) is 0.0769. The summed E-state index contributed by atoms with van der Waals surface area (Å²) in [5, 5.41) is 28.9. The molecule has 1 aliphatic rings. The van der Waals surface area contributed by atoms with Crippen molar-refractivity contribution in [2.24, 2.45) is 11.5 Å². The highest BCUT2D eigenvalue weighted by atomic mass is 32.2. The molecular weight excluding hydrogens is 260 g/mol. The van der Waals surface area contributed by atoms with Crippen LogP contribution in [0.25, 0.3) is 0 Å². The molecule has 0 radical (unpaired) electrons. The van der Waals surface area contributed by atoms with E-state index in [0.29, 0.717) is 5.56 Å². The Morgan fingerprint density at radius 1 is 1.05 bits per heavy atom. The van der Waals surface area contributed by atoms with E-state index < -0.39 is 5.92 Å². The summed E-state index contributed by atoms with van der Waals surface area (Å²) in [6, 6.07) is 10.5. The molecule has 5 nitrogen and oxygen atoms in total. The van der Waals surface area contributed by atoms with E-state index >= 15 is 0 Å². The number of hydrogen-bond donors (Lipinski definition) is 3. The van der Waals surface area contributed by atoms with E-state index in [0.717, 1.165) is 11.8 Å². The van der Waals surface area contributed by atoms with E-state index in [-0.39, 0.29) is 27.0 Å². The molecule has 1 heterocycles. The lowest BCUT2D eigenvalue weighted by Gasteiger charge is -2.24. The van der Waals surface area contributed by atoms with Gasteiger partial charge >= 0.3 is 0 Å². The maximum atomic E-state index is 9.91. The summed E-state index contributed by atoms with van der Waals surface area (Å²) < 4.78 is 0. The maximum Gasteiger partial charge on any atom is 0.119 e. The third-order valence-corrected chi connectivity index (χ3v) is 3.70. The van der Waals surface area contributed by atoms with Gasteiger partial charge in [0.05, 0.1) is 39.3 Å². The zero-order valence-corrected chi connectivity index (χ0v) is 10.6. The van der Waals surface area contributed by atoms with Crippen LogP contribution in [0, 0.1) is 22.7 Å². The fourth-order valence-corrected chi connectivity index (χ4v) is 2.72. The van der Waals surface area contributed by atoms with Crippen LogP contribution in [-0.2, 0) is 0 Å². The highest BCUT2D eigenvalue weighted by Crippen LogP contribution is 2.44. The Kier molecular flexibility index (Phi) is 3.37. The van der Waals surface area contributed by atoms with E-state index in [1.165, 1.54) is 6.07 Å². The van der Waals surface area contributed by atoms with E-state index in [4.69, 9.17) is 11.5 Å². The molecule has 0 atom stereocenters. The van der Waals surface area contributed by atoms with Crippen LogP contribution in [0.2, 0.25) is 0 Å². The number of aromatic hydroxyl groups is 1. The van der Waals surface area contributed by atoms with Gasteiger partial charge in [-0.05, 0) is 6.07 Å². The SMILES string of the molecule is N#CC1=C(N)SC(N)=C(C#N)C1c1ccccc1O. The average Bonchev–Trinajstić information content (AvgIpc) is 2.38. The van der Waals surface area contributed by atoms with Gasteiger partial charge in [0, 0.05) is 5.56 Å². The molecule has 2 rings (SSSR count). The Hall–Kier alpha value is -2.57. The van der Waals surface area contributed by atoms with Gasteiger partial charge in [-0.1, -0.05) is 30.0 Å². The van der Waals surface area contributed by atoms with Crippen LogP contribution in [0.4, 0.5) is 0 Å². The van der Waals surface area contributed by atoms with Crippen molar-refractivity contribution in [2.45, 2.75) is 5.92 Å². The topological polar surface area (TPSA) is 120 Å². The molecule has 1 aromatic rings. The predicted octanol–water partition coefficient (Wildman–Crippen LogP) is 1.61. The van der Waals surface area contributed by atoms with Gasteiger partial charge in [0.2, 0.25) is 0 Å². The summed E-state index contributed by atoms with van der Waals surface area (Å²) in [6.07, 6.45) is 0. The van der Waals surface area contributed by atoms with Gasteiger partial charge in [-0.15, -0.1) is 0 Å². The first kappa shape index (κ1) is 12.9. The van der Waals surface area contributed by atoms with E-state index in [9.17, 15) is 15.6 Å². The molecule has 0 unspecified atom stereocenters. The number of nitriles is 2. The van der Waals surface area contributed by atoms with Crippen LogP contribution in [0.1, 0.15) is 11.5 Å². The summed E-state index contributed by atoms with van der Waals surface area (Å²) in [6.45, 7) is 0. The molecule has 0 aliphatic carbocycles. The van der Waals surface area contributed by atoms with Crippen LogP contribution in [0.15, 0.2) is 45.5 Å². The van der Waals surface area contributed by atoms with E-state index in [1.54, 1.807) is 18.2 Å². The summed E-state index contributed by atoms with van der Waals surface area (Å²) in [4.78, 5) is 0. The minimum atomic E-state index is -0.711. The number of thioether (sulfide) groups is 1. The minimum absolute atomic E-state index is 0.000463. The normalized spacial score (nSPS) is 16.1. The number of hydrogen-bond acceptors (Lipinski definition) is 6. The van der Waals surface area contributed by atoms with Crippen LogP contribution >= 0.6 is 11.8 Å². The van der Waals surface area contributed by atoms with Gasteiger partial charge in [-0.25, -0.2) is 0 Å². The fourth-order valence-electron chi connectivity index (χ4n) is 1.94. The number of nitrogens with zero attached hydrogens (tertiary/aromatic N) is 2. The standard InChI is InChI=1S/C13H10N4OS/c14-5-8-11(7-3-1-2-4-10(7)18)9(6-15)13(17)19-12(8)16/h1-4,11,18H,16-17H2. The van der Waals surface area contributed by atoms with Crippen LogP contribution in [0.5, 0.6) is 5.75 Å². The van der Waals surface area contributed by atoms with E-state index in [1.807, 2.05) is 12.1 Å². The monoisotopic (exact) mass is 270 g/mol. The summed E-state index contributed by atoms with van der Waals surface area (Å²) >= 11 is 0.999. The zero-order valence-electron chi connectivity index (χ0n) is 9.79. The molecule has 1 aliphatic heterocycles. The molecule has 0 bridgehead atoms. The molecule has 5 N–H and O–H groups in total. The third-order valence-electron chi connectivity index (χ3n) is 2.82. The molecule has 0 fully saturated rings. The predicted molar refractivity (Wildman–Crippen MR) is 72.1 cm³/mol. The van der Waals surface area contributed by atoms with Crippen molar-refractivity contribution < 1.29 is 5.11 Å². The number of rotatable bonds is 1. The Morgan fingerprint density at radius 3 is 2.05 bits per heavy atom. The first-order valence-corrected chi connectivity index (χ1v) is 6.17. The average molecular weight is 270 g/mol. The van der Waals surface area contributed by atoms with Crippen LogP contribution < -0.4 is 11.5 Å². The Bertz CT molecular complexity index is 643. The highest BCUT2D eigenvalue weighted by molar-refractivity contribution is 8.06. The molecule has 0 amide bonds. The van der Waals surface area contributed by atoms with Crippen molar-refractivity contribution in [3.05, 3.63) is 51.0 Å². The molecule has 6 heteroatoms. The van der Waals surface area contributed by atoms with E-state index in [2.05, 4.69) is 0 Å². The van der Waals surface area contributed by atoms with Gasteiger partial charge in [0.25, 0.3) is 0 Å². The van der Waals surface area contributed by atoms with Crippen molar-refractivity contribution in [2.75, 3.05) is 0 Å². The minimum Gasteiger partial charge on any atom is -0.508 e. The number of phenols is 1. The molecular formula is C13H10N4OS. The lowest BCUT2D eigenvalue weighted by Crippen LogP contribution is -2.18. The number of nitrogens with two attached hydrogens (primary N) is 2. The first-order chi connectivity index (χ1) is 9.10. The van der Waals surface area contributed by atoms with Crippen molar-refractivity contribution in [3.8, 4) is 17.9 Å². The van der Waals surface area contributed by atoms with Gasteiger partial charge in [-0.3, -0.25) is 0 Å². The van der Waals surface area contributed by atoms with Crippen LogP contribution in [0.3, 0.4) is 0 Å². The lowest BCUT2D eigenvalue weighted by molar-refractivity contribution is 0.467. The first-order valence-electron chi connectivity index (χ1n) is 5.35. The highest BCUT2D eigenvalue weighted by Gasteiger charge is 2.32. The van der Waals surface area contributed by atoms with Crippen molar-refractivity contribution in [1.29, 1.82) is 10.5 Å².